The minimum absolute atomic E-state index is 0.669. The van der Waals surface area contributed by atoms with Crippen molar-refractivity contribution in [1.29, 1.82) is 0 Å². The Balaban J connectivity index is 3.06. The number of hydrogen-bond acceptors (Lipinski definition) is 4. The molecule has 0 radical (unpaired) electrons. The van der Waals surface area contributed by atoms with Crippen LogP contribution in [-0.4, -0.2) is 65.2 Å². The van der Waals surface area contributed by atoms with Gasteiger partial charge in [-0.05, 0) is 14.0 Å². The lowest BCUT2D eigenvalue weighted by molar-refractivity contribution is 0.0546. The lowest BCUT2D eigenvalue weighted by Gasteiger charge is -2.16. The molecule has 0 heterocycles. The van der Waals surface area contributed by atoms with Crippen LogP contribution >= 0.6 is 0 Å². The molecule has 0 rings (SSSR count). The predicted molar refractivity (Wildman–Crippen MR) is 56.7 cm³/mol. The molecule has 0 unspecified atom stereocenters. The molecular formula is C10H23NO3. The zero-order chi connectivity index (χ0) is 10.6. The molecule has 0 aliphatic rings. The topological polar surface area (TPSA) is 30.9 Å². The molecule has 0 saturated carbocycles. The van der Waals surface area contributed by atoms with Crippen LogP contribution in [0.2, 0.25) is 0 Å². The molecule has 0 N–H and O–H groups in total. The lowest BCUT2D eigenvalue weighted by atomic mass is 10.5. The third-order valence-electron chi connectivity index (χ3n) is 1.87. The number of ether oxygens (including phenoxy) is 3. The number of rotatable bonds is 10. The smallest absolute Gasteiger partial charge is 0.0700 e. The second kappa shape index (κ2) is 10.9. The summed E-state index contributed by atoms with van der Waals surface area (Å²) in [7, 11) is 3.75. The van der Waals surface area contributed by atoms with Crippen molar-refractivity contribution in [3.8, 4) is 0 Å². The SMILES string of the molecule is CCOCCN(C)CCOCCOC. The van der Waals surface area contributed by atoms with Gasteiger partial charge in [-0.2, -0.15) is 0 Å². The number of hydrogen-bond donors (Lipinski definition) is 0. The van der Waals surface area contributed by atoms with E-state index >= 15 is 0 Å². The van der Waals surface area contributed by atoms with Crippen molar-refractivity contribution in [3.63, 3.8) is 0 Å². The van der Waals surface area contributed by atoms with Gasteiger partial charge in [0.2, 0.25) is 0 Å². The number of nitrogens with zero attached hydrogens (tertiary/aromatic N) is 1. The maximum absolute atomic E-state index is 5.34. The van der Waals surface area contributed by atoms with Crippen LogP contribution in [0.15, 0.2) is 0 Å². The molecular weight excluding hydrogens is 182 g/mol. The molecule has 4 heteroatoms. The van der Waals surface area contributed by atoms with Gasteiger partial charge in [-0.1, -0.05) is 0 Å². The van der Waals surface area contributed by atoms with Crippen molar-refractivity contribution in [2.24, 2.45) is 0 Å². The highest BCUT2D eigenvalue weighted by molar-refractivity contribution is 4.49. The summed E-state index contributed by atoms with van der Waals surface area (Å²) in [5, 5.41) is 0. The molecule has 0 amide bonds. The van der Waals surface area contributed by atoms with Gasteiger partial charge in [-0.25, -0.2) is 0 Å². The molecule has 0 atom stereocenters. The van der Waals surface area contributed by atoms with Gasteiger partial charge in [0.15, 0.2) is 0 Å². The van der Waals surface area contributed by atoms with E-state index in [9.17, 15) is 0 Å². The Hall–Kier alpha value is -0.160. The van der Waals surface area contributed by atoms with Crippen LogP contribution in [0.3, 0.4) is 0 Å². The van der Waals surface area contributed by atoms with Gasteiger partial charge < -0.3 is 19.1 Å². The largest absolute Gasteiger partial charge is 0.382 e. The first-order valence-corrected chi connectivity index (χ1v) is 5.14. The summed E-state index contributed by atoms with van der Waals surface area (Å²) < 4.78 is 15.5. The quantitative estimate of drug-likeness (QED) is 0.489. The molecule has 0 saturated heterocycles. The average Bonchev–Trinajstić information content (AvgIpc) is 2.18. The van der Waals surface area contributed by atoms with Crippen molar-refractivity contribution in [3.05, 3.63) is 0 Å². The van der Waals surface area contributed by atoms with Gasteiger partial charge in [0.05, 0.1) is 26.4 Å². The highest BCUT2D eigenvalue weighted by atomic mass is 16.5. The summed E-state index contributed by atoms with van der Waals surface area (Å²) in [6.07, 6.45) is 0. The fourth-order valence-electron chi connectivity index (χ4n) is 0.941. The maximum Gasteiger partial charge on any atom is 0.0700 e. The molecule has 0 aromatic carbocycles. The Bertz CT molecular complexity index is 112. The lowest BCUT2D eigenvalue weighted by Crippen LogP contribution is -2.27. The highest BCUT2D eigenvalue weighted by Crippen LogP contribution is 1.85. The van der Waals surface area contributed by atoms with E-state index < -0.39 is 0 Å². The van der Waals surface area contributed by atoms with E-state index in [0.29, 0.717) is 13.2 Å². The van der Waals surface area contributed by atoms with E-state index in [-0.39, 0.29) is 0 Å². The van der Waals surface area contributed by atoms with Crippen LogP contribution in [0, 0.1) is 0 Å². The summed E-state index contributed by atoms with van der Waals surface area (Å²) in [5.74, 6) is 0. The first-order valence-electron chi connectivity index (χ1n) is 5.14. The van der Waals surface area contributed by atoms with Gasteiger partial charge in [0.25, 0.3) is 0 Å². The average molecular weight is 205 g/mol. The third-order valence-corrected chi connectivity index (χ3v) is 1.87. The Morgan fingerprint density at radius 2 is 1.57 bits per heavy atom. The number of likely N-dealkylation sites (N-methyl/N-ethyl adjacent to an activating group) is 1. The van der Waals surface area contributed by atoms with Crippen molar-refractivity contribution < 1.29 is 14.2 Å². The van der Waals surface area contributed by atoms with Gasteiger partial charge in [-0.15, -0.1) is 0 Å². The third kappa shape index (κ3) is 9.92. The zero-order valence-electron chi connectivity index (χ0n) is 9.62. The predicted octanol–water partition coefficient (Wildman–Crippen LogP) is 0.618. The van der Waals surface area contributed by atoms with Crippen LogP contribution in [0.5, 0.6) is 0 Å². The summed E-state index contributed by atoms with van der Waals surface area (Å²) >= 11 is 0. The second-order valence-electron chi connectivity index (χ2n) is 3.11. The molecule has 0 aliphatic carbocycles. The standard InChI is InChI=1S/C10H23NO3/c1-4-13-7-5-11(2)6-8-14-10-9-12-3/h4-10H2,1-3H3. The minimum atomic E-state index is 0.669. The van der Waals surface area contributed by atoms with E-state index in [1.165, 1.54) is 0 Å². The Kier molecular flexibility index (Phi) is 10.8. The molecule has 0 fully saturated rings. The maximum atomic E-state index is 5.34. The van der Waals surface area contributed by atoms with Gasteiger partial charge in [0, 0.05) is 26.8 Å². The number of methoxy groups -OCH3 is 1. The van der Waals surface area contributed by atoms with Crippen LogP contribution < -0.4 is 0 Å². The molecule has 14 heavy (non-hydrogen) atoms. The molecule has 0 aromatic heterocycles. The highest BCUT2D eigenvalue weighted by Gasteiger charge is 1.97. The summed E-state index contributed by atoms with van der Waals surface area (Å²) in [5.41, 5.74) is 0. The first-order chi connectivity index (χ1) is 6.81. The Labute approximate surface area is 87.1 Å². The van der Waals surface area contributed by atoms with Crippen LogP contribution in [0.1, 0.15) is 6.92 Å². The molecule has 86 valence electrons. The van der Waals surface area contributed by atoms with Gasteiger partial charge in [-0.3, -0.25) is 0 Å². The zero-order valence-corrected chi connectivity index (χ0v) is 9.62. The van der Waals surface area contributed by atoms with E-state index in [0.717, 1.165) is 32.9 Å². The minimum Gasteiger partial charge on any atom is -0.382 e. The normalized spacial score (nSPS) is 11.1. The van der Waals surface area contributed by atoms with E-state index in [2.05, 4.69) is 11.9 Å². The molecule has 4 nitrogen and oxygen atoms in total. The summed E-state index contributed by atoms with van der Waals surface area (Å²) in [4.78, 5) is 2.20. The van der Waals surface area contributed by atoms with Gasteiger partial charge in [0.1, 0.15) is 0 Å². The van der Waals surface area contributed by atoms with Crippen LogP contribution in [0.25, 0.3) is 0 Å². The van der Waals surface area contributed by atoms with Crippen molar-refractivity contribution in [2.45, 2.75) is 6.92 Å². The fraction of sp³-hybridized carbons (Fsp3) is 1.00. The van der Waals surface area contributed by atoms with Crippen molar-refractivity contribution in [1.82, 2.24) is 4.90 Å². The van der Waals surface area contributed by atoms with Crippen LogP contribution in [0.4, 0.5) is 0 Å². The van der Waals surface area contributed by atoms with E-state index in [4.69, 9.17) is 14.2 Å². The monoisotopic (exact) mass is 205 g/mol. The molecule has 0 aliphatic heterocycles. The first kappa shape index (κ1) is 13.8. The fourth-order valence-corrected chi connectivity index (χ4v) is 0.941. The van der Waals surface area contributed by atoms with E-state index in [1.54, 1.807) is 7.11 Å². The van der Waals surface area contributed by atoms with E-state index in [1.807, 2.05) is 6.92 Å². The molecule has 0 bridgehead atoms. The van der Waals surface area contributed by atoms with Crippen LogP contribution in [-0.2, 0) is 14.2 Å². The molecule has 0 spiro atoms. The summed E-state index contributed by atoms with van der Waals surface area (Å²) in [6.45, 7) is 7.60. The summed E-state index contributed by atoms with van der Waals surface area (Å²) in [6, 6.07) is 0. The van der Waals surface area contributed by atoms with Crippen molar-refractivity contribution >= 4 is 0 Å². The van der Waals surface area contributed by atoms with Gasteiger partial charge >= 0.3 is 0 Å². The second-order valence-corrected chi connectivity index (χ2v) is 3.11. The Morgan fingerprint density at radius 1 is 0.929 bits per heavy atom. The Morgan fingerprint density at radius 3 is 2.14 bits per heavy atom. The van der Waals surface area contributed by atoms with Crippen molar-refractivity contribution in [2.75, 3.05) is 60.3 Å². The molecule has 0 aromatic rings.